The summed E-state index contributed by atoms with van der Waals surface area (Å²) in [6, 6.07) is -0.223. The molecule has 0 radical (unpaired) electrons. The second-order valence-electron chi connectivity index (χ2n) is 6.42. The number of aliphatic hydroxyl groups is 1. The van der Waals surface area contributed by atoms with Crippen molar-refractivity contribution in [3.63, 3.8) is 0 Å². The van der Waals surface area contributed by atoms with Gasteiger partial charge in [0.15, 0.2) is 0 Å². The lowest BCUT2D eigenvalue weighted by Crippen LogP contribution is -2.38. The average Bonchev–Trinajstić information content (AvgIpc) is 2.98. The van der Waals surface area contributed by atoms with Gasteiger partial charge < -0.3 is 10.0 Å². The number of fused-ring (bicyclic) bond motifs is 3. The van der Waals surface area contributed by atoms with Gasteiger partial charge in [0, 0.05) is 24.9 Å². The van der Waals surface area contributed by atoms with E-state index in [0.717, 1.165) is 29.5 Å². The Labute approximate surface area is 144 Å². The lowest BCUT2D eigenvalue weighted by molar-refractivity contribution is -0.132. The van der Waals surface area contributed by atoms with Crippen molar-refractivity contribution in [3.8, 4) is 0 Å². The largest absolute Gasteiger partial charge is 0.394 e. The maximum atomic E-state index is 12.8. The van der Waals surface area contributed by atoms with Crippen molar-refractivity contribution >= 4 is 27.5 Å². The Morgan fingerprint density at radius 2 is 2.21 bits per heavy atom. The molecule has 1 aliphatic carbocycles. The number of aryl methyl sites for hydroxylation is 3. The van der Waals surface area contributed by atoms with E-state index in [0.29, 0.717) is 6.54 Å². The molecule has 0 saturated carbocycles. The topological polar surface area (TPSA) is 75.4 Å². The first-order chi connectivity index (χ1) is 11.5. The average molecular weight is 349 g/mol. The first-order valence-electron chi connectivity index (χ1n) is 8.39. The molecule has 0 fully saturated rings. The maximum Gasteiger partial charge on any atom is 0.262 e. The first kappa shape index (κ1) is 17.1. The van der Waals surface area contributed by atoms with Crippen LogP contribution in [0.1, 0.15) is 36.6 Å². The molecule has 1 amide bonds. The van der Waals surface area contributed by atoms with E-state index in [4.69, 9.17) is 5.11 Å². The zero-order valence-electron chi connectivity index (χ0n) is 14.1. The van der Waals surface area contributed by atoms with Crippen LogP contribution in [-0.4, -0.2) is 45.2 Å². The van der Waals surface area contributed by atoms with Crippen molar-refractivity contribution in [1.29, 1.82) is 0 Å². The molecule has 0 aromatic carbocycles. The van der Waals surface area contributed by atoms with Crippen LogP contribution in [0.4, 0.5) is 0 Å². The molecule has 2 aromatic heterocycles. The first-order valence-corrected chi connectivity index (χ1v) is 9.20. The van der Waals surface area contributed by atoms with Gasteiger partial charge in [-0.25, -0.2) is 4.98 Å². The van der Waals surface area contributed by atoms with Gasteiger partial charge in [-0.1, -0.05) is 0 Å². The van der Waals surface area contributed by atoms with E-state index in [1.54, 1.807) is 36.2 Å². The highest BCUT2D eigenvalue weighted by molar-refractivity contribution is 7.18. The third-order valence-electron chi connectivity index (χ3n) is 4.83. The Morgan fingerprint density at radius 1 is 1.46 bits per heavy atom. The second kappa shape index (κ2) is 7.03. The number of aliphatic hydroxyl groups excluding tert-OH is 1. The highest BCUT2D eigenvalue weighted by Crippen LogP contribution is 2.33. The highest BCUT2D eigenvalue weighted by atomic mass is 32.1. The van der Waals surface area contributed by atoms with Crippen molar-refractivity contribution in [3.05, 3.63) is 27.1 Å². The summed E-state index contributed by atoms with van der Waals surface area (Å²) in [5, 5.41) is 9.88. The monoisotopic (exact) mass is 349 g/mol. The van der Waals surface area contributed by atoms with Crippen LogP contribution < -0.4 is 5.56 Å². The standard InChI is InChI=1S/C17H23N3O3S/c1-11(9-21)19(2)14(22)7-8-20-10-18-16-15(17(20)23)12-5-3-4-6-13(12)24-16/h10-11,21H,3-9H2,1-2H3. The molecule has 2 aromatic rings. The fraction of sp³-hybridized carbons (Fsp3) is 0.588. The SMILES string of the molecule is CC(CO)N(C)C(=O)CCn1cnc2sc3c(c2c1=O)CCCC3. The van der Waals surface area contributed by atoms with Crippen molar-refractivity contribution in [1.82, 2.24) is 14.5 Å². The summed E-state index contributed by atoms with van der Waals surface area (Å²) in [6.07, 6.45) is 6.06. The van der Waals surface area contributed by atoms with Gasteiger partial charge >= 0.3 is 0 Å². The minimum absolute atomic E-state index is 0.0370. The molecule has 1 atom stereocenters. The van der Waals surface area contributed by atoms with Crippen LogP contribution in [0.3, 0.4) is 0 Å². The third kappa shape index (κ3) is 3.10. The fourth-order valence-corrected chi connectivity index (χ4v) is 4.32. The van der Waals surface area contributed by atoms with Crippen LogP contribution in [0, 0.1) is 0 Å². The van der Waals surface area contributed by atoms with E-state index in [2.05, 4.69) is 4.98 Å². The molecule has 6 nitrogen and oxygen atoms in total. The Hall–Kier alpha value is -1.73. The molecular weight excluding hydrogens is 326 g/mol. The molecule has 7 heteroatoms. The van der Waals surface area contributed by atoms with Crippen molar-refractivity contribution < 1.29 is 9.90 Å². The van der Waals surface area contributed by atoms with E-state index < -0.39 is 0 Å². The molecular formula is C17H23N3O3S. The van der Waals surface area contributed by atoms with Crippen LogP contribution in [0.15, 0.2) is 11.1 Å². The summed E-state index contributed by atoms with van der Waals surface area (Å²) in [4.78, 5) is 33.0. The van der Waals surface area contributed by atoms with Gasteiger partial charge in [0.05, 0.1) is 24.4 Å². The quantitative estimate of drug-likeness (QED) is 0.889. The second-order valence-corrected chi connectivity index (χ2v) is 7.50. The number of carbonyl (C=O) groups is 1. The lowest BCUT2D eigenvalue weighted by atomic mass is 9.97. The number of rotatable bonds is 5. The molecule has 24 heavy (non-hydrogen) atoms. The Morgan fingerprint density at radius 3 is 2.96 bits per heavy atom. The van der Waals surface area contributed by atoms with Crippen molar-refractivity contribution in [2.45, 2.75) is 51.6 Å². The van der Waals surface area contributed by atoms with E-state index in [-0.39, 0.29) is 30.5 Å². The third-order valence-corrected chi connectivity index (χ3v) is 6.03. The Balaban J connectivity index is 1.82. The van der Waals surface area contributed by atoms with E-state index in [1.165, 1.54) is 21.8 Å². The van der Waals surface area contributed by atoms with Gasteiger partial charge in [0.1, 0.15) is 4.83 Å². The van der Waals surface area contributed by atoms with Crippen LogP contribution in [0.5, 0.6) is 0 Å². The summed E-state index contributed by atoms with van der Waals surface area (Å²) < 4.78 is 1.54. The number of likely N-dealkylation sites (N-methyl/N-ethyl adjacent to an activating group) is 1. The zero-order valence-corrected chi connectivity index (χ0v) is 14.9. The summed E-state index contributed by atoms with van der Waals surface area (Å²) in [6.45, 7) is 2.03. The van der Waals surface area contributed by atoms with Crippen LogP contribution >= 0.6 is 11.3 Å². The summed E-state index contributed by atoms with van der Waals surface area (Å²) in [5.74, 6) is -0.0871. The lowest BCUT2D eigenvalue weighted by Gasteiger charge is -2.23. The predicted molar refractivity (Wildman–Crippen MR) is 94.5 cm³/mol. The van der Waals surface area contributed by atoms with E-state index >= 15 is 0 Å². The van der Waals surface area contributed by atoms with Crippen LogP contribution in [0.25, 0.3) is 10.2 Å². The predicted octanol–water partition coefficient (Wildman–Crippen LogP) is 1.57. The number of carbonyl (C=O) groups excluding carboxylic acids is 1. The Bertz CT molecular complexity index is 811. The van der Waals surface area contributed by atoms with Gasteiger partial charge in [-0.05, 0) is 38.2 Å². The number of hydrogen-bond acceptors (Lipinski definition) is 5. The van der Waals surface area contributed by atoms with Crippen LogP contribution in [-0.2, 0) is 24.2 Å². The van der Waals surface area contributed by atoms with Crippen molar-refractivity contribution in [2.75, 3.05) is 13.7 Å². The molecule has 3 rings (SSSR count). The minimum atomic E-state index is -0.223. The van der Waals surface area contributed by atoms with E-state index in [9.17, 15) is 9.59 Å². The molecule has 130 valence electrons. The zero-order chi connectivity index (χ0) is 17.3. The fourth-order valence-electron chi connectivity index (χ4n) is 3.10. The molecule has 1 unspecified atom stereocenters. The minimum Gasteiger partial charge on any atom is -0.394 e. The van der Waals surface area contributed by atoms with Gasteiger partial charge in [-0.2, -0.15) is 0 Å². The number of amides is 1. The molecule has 2 heterocycles. The van der Waals surface area contributed by atoms with Gasteiger partial charge in [-0.15, -0.1) is 11.3 Å². The summed E-state index contributed by atoms with van der Waals surface area (Å²) in [5.41, 5.74) is 1.13. The maximum absolute atomic E-state index is 12.8. The highest BCUT2D eigenvalue weighted by Gasteiger charge is 2.20. The van der Waals surface area contributed by atoms with Gasteiger partial charge in [-0.3, -0.25) is 14.2 Å². The summed E-state index contributed by atoms with van der Waals surface area (Å²) >= 11 is 1.63. The normalized spacial score (nSPS) is 15.3. The van der Waals surface area contributed by atoms with Crippen molar-refractivity contribution in [2.24, 2.45) is 0 Å². The van der Waals surface area contributed by atoms with E-state index in [1.807, 2.05) is 0 Å². The number of nitrogens with zero attached hydrogens (tertiary/aromatic N) is 3. The molecule has 0 bridgehead atoms. The number of thiophene rings is 1. The summed E-state index contributed by atoms with van der Waals surface area (Å²) in [7, 11) is 1.67. The molecule has 0 saturated heterocycles. The molecule has 0 spiro atoms. The number of hydrogen-bond donors (Lipinski definition) is 1. The molecule has 0 aliphatic heterocycles. The smallest absolute Gasteiger partial charge is 0.262 e. The Kier molecular flexibility index (Phi) is 5.01. The molecule has 1 aliphatic rings. The van der Waals surface area contributed by atoms with Crippen LogP contribution in [0.2, 0.25) is 0 Å². The number of aromatic nitrogens is 2. The van der Waals surface area contributed by atoms with Gasteiger partial charge in [0.2, 0.25) is 5.91 Å². The molecule has 1 N–H and O–H groups in total. The van der Waals surface area contributed by atoms with Gasteiger partial charge in [0.25, 0.3) is 5.56 Å².